The van der Waals surface area contributed by atoms with Gasteiger partial charge in [-0.3, -0.25) is 14.4 Å². The van der Waals surface area contributed by atoms with E-state index in [1.807, 2.05) is 39.0 Å². The molecule has 2 N–H and O–H groups in total. The van der Waals surface area contributed by atoms with E-state index in [1.165, 1.54) is 0 Å². The maximum atomic E-state index is 12.7. The smallest absolute Gasteiger partial charge is 0.323 e. The number of likely N-dealkylation sites (tertiary alicyclic amines) is 1. The second kappa shape index (κ2) is 7.66. The molecular weight excluding hydrogens is 358 g/mol. The van der Waals surface area contributed by atoms with Crippen molar-refractivity contribution < 1.29 is 19.5 Å². The number of fused-ring (bicyclic) bond motifs is 1. The van der Waals surface area contributed by atoms with Crippen LogP contribution in [0.2, 0.25) is 0 Å². The van der Waals surface area contributed by atoms with Crippen molar-refractivity contribution in [1.82, 2.24) is 9.47 Å². The van der Waals surface area contributed by atoms with Crippen molar-refractivity contribution in [3.8, 4) is 0 Å². The number of rotatable bonds is 4. The van der Waals surface area contributed by atoms with Gasteiger partial charge in [-0.2, -0.15) is 0 Å². The molecular formula is C21H27N3O4. The number of aromatic nitrogens is 1. The van der Waals surface area contributed by atoms with Gasteiger partial charge < -0.3 is 19.9 Å². The van der Waals surface area contributed by atoms with Crippen molar-refractivity contribution in [2.75, 3.05) is 18.4 Å². The Labute approximate surface area is 164 Å². The zero-order chi connectivity index (χ0) is 20.5. The summed E-state index contributed by atoms with van der Waals surface area (Å²) in [5, 5.41) is 12.8. The van der Waals surface area contributed by atoms with Crippen LogP contribution in [0.3, 0.4) is 0 Å². The Bertz CT molecular complexity index is 910. The highest BCUT2D eigenvalue weighted by atomic mass is 16.4. The van der Waals surface area contributed by atoms with Crippen molar-refractivity contribution in [2.45, 2.75) is 40.2 Å². The predicted octanol–water partition coefficient (Wildman–Crippen LogP) is 2.95. The molecule has 0 saturated carbocycles. The third kappa shape index (κ3) is 4.35. The van der Waals surface area contributed by atoms with E-state index in [0.717, 1.165) is 23.7 Å². The average Bonchev–Trinajstić information content (AvgIpc) is 3.02. The molecule has 7 nitrogen and oxygen atoms in total. The average molecular weight is 385 g/mol. The summed E-state index contributed by atoms with van der Waals surface area (Å²) in [6.45, 7) is 6.72. The number of nitrogens with zero attached hydrogens (tertiary/aromatic N) is 2. The van der Waals surface area contributed by atoms with E-state index in [9.17, 15) is 14.4 Å². The first kappa shape index (κ1) is 19.9. The summed E-state index contributed by atoms with van der Waals surface area (Å²) >= 11 is 0. The molecule has 1 aromatic carbocycles. The van der Waals surface area contributed by atoms with Crippen LogP contribution in [0.5, 0.6) is 0 Å². The van der Waals surface area contributed by atoms with E-state index < -0.39 is 11.4 Å². The molecule has 2 heterocycles. The molecule has 3 rings (SSSR count). The van der Waals surface area contributed by atoms with Crippen LogP contribution < -0.4 is 5.32 Å². The number of carbonyl (C=O) groups is 3. The van der Waals surface area contributed by atoms with Crippen LogP contribution in [0.4, 0.5) is 5.69 Å². The Morgan fingerprint density at radius 3 is 2.64 bits per heavy atom. The lowest BCUT2D eigenvalue weighted by Gasteiger charge is -2.35. The van der Waals surface area contributed by atoms with E-state index in [1.54, 1.807) is 21.7 Å². The van der Waals surface area contributed by atoms with E-state index >= 15 is 0 Å². The molecule has 0 bridgehead atoms. The summed E-state index contributed by atoms with van der Waals surface area (Å²) in [5.41, 5.74) is 1.02. The van der Waals surface area contributed by atoms with E-state index in [0.29, 0.717) is 18.8 Å². The van der Waals surface area contributed by atoms with E-state index in [4.69, 9.17) is 5.11 Å². The molecule has 1 aliphatic heterocycles. The highest BCUT2D eigenvalue weighted by Gasteiger charge is 2.33. The number of anilines is 1. The number of hydrogen-bond donors (Lipinski definition) is 2. The minimum Gasteiger partial charge on any atom is -0.480 e. The minimum absolute atomic E-state index is 0.0752. The molecule has 0 radical (unpaired) electrons. The van der Waals surface area contributed by atoms with Gasteiger partial charge >= 0.3 is 5.97 Å². The molecule has 28 heavy (non-hydrogen) atoms. The number of carboxylic acids is 1. The fourth-order valence-corrected chi connectivity index (χ4v) is 3.66. The van der Waals surface area contributed by atoms with Crippen LogP contribution >= 0.6 is 0 Å². The van der Waals surface area contributed by atoms with Gasteiger partial charge in [0.1, 0.15) is 6.54 Å². The largest absolute Gasteiger partial charge is 0.480 e. The van der Waals surface area contributed by atoms with E-state index in [-0.39, 0.29) is 24.3 Å². The lowest BCUT2D eigenvalue weighted by molar-refractivity contribution is -0.142. The second-order valence-electron chi connectivity index (χ2n) is 8.44. The summed E-state index contributed by atoms with van der Waals surface area (Å²) in [6.07, 6.45) is 3.30. The van der Waals surface area contributed by atoms with Gasteiger partial charge in [0.25, 0.3) is 0 Å². The summed E-state index contributed by atoms with van der Waals surface area (Å²) in [6, 6.07) is 7.26. The third-order valence-corrected chi connectivity index (χ3v) is 5.07. The molecule has 150 valence electrons. The Balaban J connectivity index is 1.68. The van der Waals surface area contributed by atoms with Crippen LogP contribution in [-0.4, -0.2) is 45.4 Å². The van der Waals surface area contributed by atoms with Gasteiger partial charge in [0.15, 0.2) is 0 Å². The normalized spacial score (nSPS) is 17.5. The van der Waals surface area contributed by atoms with Gasteiger partial charge in [-0.15, -0.1) is 0 Å². The minimum atomic E-state index is -0.901. The first-order valence-electron chi connectivity index (χ1n) is 9.56. The predicted molar refractivity (Wildman–Crippen MR) is 107 cm³/mol. The molecule has 1 fully saturated rings. The Morgan fingerprint density at radius 1 is 1.21 bits per heavy atom. The molecule has 2 amide bonds. The quantitative estimate of drug-likeness (QED) is 0.846. The van der Waals surface area contributed by atoms with Crippen molar-refractivity contribution in [3.05, 3.63) is 30.5 Å². The third-order valence-electron chi connectivity index (χ3n) is 5.07. The molecule has 1 unspecified atom stereocenters. The molecule has 1 aromatic heterocycles. The molecule has 0 aliphatic carbocycles. The summed E-state index contributed by atoms with van der Waals surface area (Å²) in [7, 11) is 0. The number of carbonyl (C=O) groups excluding carboxylic acids is 2. The Morgan fingerprint density at radius 2 is 1.96 bits per heavy atom. The van der Waals surface area contributed by atoms with Crippen LogP contribution in [0.15, 0.2) is 30.5 Å². The maximum Gasteiger partial charge on any atom is 0.323 e. The number of nitrogens with one attached hydrogen (secondary N) is 1. The van der Waals surface area contributed by atoms with Gasteiger partial charge in [0.2, 0.25) is 11.8 Å². The number of hydrogen-bond acceptors (Lipinski definition) is 3. The summed E-state index contributed by atoms with van der Waals surface area (Å²) in [4.78, 5) is 38.0. The van der Waals surface area contributed by atoms with Crippen molar-refractivity contribution >= 4 is 34.4 Å². The van der Waals surface area contributed by atoms with Crippen molar-refractivity contribution in [3.63, 3.8) is 0 Å². The zero-order valence-electron chi connectivity index (χ0n) is 16.6. The summed E-state index contributed by atoms with van der Waals surface area (Å²) < 4.78 is 1.65. The van der Waals surface area contributed by atoms with E-state index in [2.05, 4.69) is 5.32 Å². The number of amides is 2. The molecule has 0 spiro atoms. The highest BCUT2D eigenvalue weighted by molar-refractivity contribution is 5.96. The number of piperidine rings is 1. The maximum absolute atomic E-state index is 12.7. The van der Waals surface area contributed by atoms with Gasteiger partial charge in [0, 0.05) is 41.3 Å². The van der Waals surface area contributed by atoms with Crippen LogP contribution in [0.25, 0.3) is 10.9 Å². The second-order valence-corrected chi connectivity index (χ2v) is 8.44. The topological polar surface area (TPSA) is 91.6 Å². The van der Waals surface area contributed by atoms with Crippen LogP contribution in [0.1, 0.15) is 33.6 Å². The Hall–Kier alpha value is -2.83. The first-order valence-corrected chi connectivity index (χ1v) is 9.56. The Kier molecular flexibility index (Phi) is 5.45. The van der Waals surface area contributed by atoms with Gasteiger partial charge in [-0.1, -0.05) is 20.8 Å². The fourth-order valence-electron chi connectivity index (χ4n) is 3.66. The highest BCUT2D eigenvalue weighted by Crippen LogP contribution is 2.25. The summed E-state index contributed by atoms with van der Waals surface area (Å²) in [5.74, 6) is -1.14. The van der Waals surface area contributed by atoms with Crippen molar-refractivity contribution in [2.24, 2.45) is 11.3 Å². The molecule has 1 aliphatic rings. The molecule has 7 heteroatoms. The molecule has 2 aromatic rings. The zero-order valence-corrected chi connectivity index (χ0v) is 16.6. The lowest BCUT2D eigenvalue weighted by Crippen LogP contribution is -2.47. The SMILES string of the molecule is CC(C)(C)C(=O)N1CCCC(C(=O)Nc2ccc3c(ccn3CC(=O)O)c2)C1. The lowest BCUT2D eigenvalue weighted by atomic mass is 9.91. The van der Waals surface area contributed by atoms with Crippen LogP contribution in [-0.2, 0) is 20.9 Å². The van der Waals surface area contributed by atoms with Crippen molar-refractivity contribution in [1.29, 1.82) is 0 Å². The molecule has 1 saturated heterocycles. The number of benzene rings is 1. The number of aliphatic carboxylic acids is 1. The number of carboxylic acid groups (broad SMARTS) is 1. The van der Waals surface area contributed by atoms with Gasteiger partial charge in [-0.05, 0) is 37.1 Å². The molecule has 1 atom stereocenters. The van der Waals surface area contributed by atoms with Gasteiger partial charge in [0.05, 0.1) is 5.92 Å². The van der Waals surface area contributed by atoms with Gasteiger partial charge in [-0.25, -0.2) is 0 Å². The monoisotopic (exact) mass is 385 g/mol. The first-order chi connectivity index (χ1) is 13.1. The standard InChI is InChI=1S/C21H27N3O4/c1-21(2,3)20(28)24-9-4-5-15(12-24)19(27)22-16-6-7-17-14(11-16)8-10-23(17)13-18(25)26/h6-8,10-11,15H,4-5,9,12-13H2,1-3H3,(H,22,27)(H,25,26). The fraction of sp³-hybridized carbons (Fsp3) is 0.476. The van der Waals surface area contributed by atoms with Crippen LogP contribution in [0, 0.1) is 11.3 Å².